The molecule has 2 aromatic carbocycles. The van der Waals surface area contributed by atoms with Crippen LogP contribution < -0.4 is 4.90 Å². The zero-order chi connectivity index (χ0) is 18.4. The second-order valence-electron chi connectivity index (χ2n) is 7.40. The summed E-state index contributed by atoms with van der Waals surface area (Å²) in [5.41, 5.74) is 2.41. The first-order chi connectivity index (χ1) is 12.6. The molecule has 1 aliphatic heterocycles. The fourth-order valence-electron chi connectivity index (χ4n) is 4.12. The van der Waals surface area contributed by atoms with Crippen LogP contribution in [0.15, 0.2) is 60.7 Å². The summed E-state index contributed by atoms with van der Waals surface area (Å²) in [4.78, 5) is 16.9. The minimum Gasteiger partial charge on any atom is -0.310 e. The molecule has 0 spiro atoms. The van der Waals surface area contributed by atoms with Crippen LogP contribution in [-0.4, -0.2) is 36.5 Å². The van der Waals surface area contributed by atoms with E-state index < -0.39 is 0 Å². The summed E-state index contributed by atoms with van der Waals surface area (Å²) in [6.45, 7) is 7.23. The molecule has 0 bridgehead atoms. The SMILES string of the molecule is CC(=O)N(c1ccccc1)[C@@H](C)C1CCCN(CCc2ccccc2)C1. The van der Waals surface area contributed by atoms with Crippen molar-refractivity contribution in [3.8, 4) is 0 Å². The van der Waals surface area contributed by atoms with Gasteiger partial charge >= 0.3 is 0 Å². The average molecular weight is 351 g/mol. The largest absolute Gasteiger partial charge is 0.310 e. The Labute approximate surface area is 157 Å². The maximum atomic E-state index is 12.3. The third kappa shape index (κ3) is 4.73. The molecule has 1 heterocycles. The van der Waals surface area contributed by atoms with Gasteiger partial charge in [-0.25, -0.2) is 0 Å². The molecule has 1 unspecified atom stereocenters. The van der Waals surface area contributed by atoms with Gasteiger partial charge in [-0.2, -0.15) is 0 Å². The first-order valence-corrected chi connectivity index (χ1v) is 9.76. The Kier molecular flexibility index (Phi) is 6.45. The summed E-state index contributed by atoms with van der Waals surface area (Å²) in [5, 5.41) is 0. The van der Waals surface area contributed by atoms with Crippen LogP contribution in [0, 0.1) is 5.92 Å². The van der Waals surface area contributed by atoms with Gasteiger partial charge in [0.1, 0.15) is 0 Å². The van der Waals surface area contributed by atoms with Gasteiger partial charge < -0.3 is 9.80 Å². The quantitative estimate of drug-likeness (QED) is 0.772. The summed E-state index contributed by atoms with van der Waals surface area (Å²) in [6.07, 6.45) is 3.50. The van der Waals surface area contributed by atoms with Gasteiger partial charge in [0.15, 0.2) is 0 Å². The summed E-state index contributed by atoms with van der Waals surface area (Å²) in [5.74, 6) is 0.647. The lowest BCUT2D eigenvalue weighted by molar-refractivity contribution is -0.117. The van der Waals surface area contributed by atoms with Gasteiger partial charge in [0.25, 0.3) is 0 Å². The zero-order valence-corrected chi connectivity index (χ0v) is 16.0. The number of carbonyl (C=O) groups excluding carboxylic acids is 1. The molecule has 3 heteroatoms. The number of carbonyl (C=O) groups is 1. The maximum Gasteiger partial charge on any atom is 0.224 e. The maximum absolute atomic E-state index is 12.3. The van der Waals surface area contributed by atoms with E-state index in [9.17, 15) is 4.79 Å². The van der Waals surface area contributed by atoms with E-state index in [0.29, 0.717) is 5.92 Å². The molecule has 26 heavy (non-hydrogen) atoms. The Morgan fingerprint density at radius 2 is 1.77 bits per heavy atom. The Morgan fingerprint density at radius 1 is 1.12 bits per heavy atom. The Morgan fingerprint density at radius 3 is 2.42 bits per heavy atom. The van der Waals surface area contributed by atoms with E-state index in [2.05, 4.69) is 42.2 Å². The Balaban J connectivity index is 1.63. The van der Waals surface area contributed by atoms with Crippen molar-refractivity contribution in [2.24, 2.45) is 5.92 Å². The van der Waals surface area contributed by atoms with E-state index in [0.717, 1.165) is 25.2 Å². The molecule has 1 saturated heterocycles. The molecule has 1 aliphatic rings. The molecule has 2 aromatic rings. The van der Waals surface area contributed by atoms with Crippen LogP contribution in [0.5, 0.6) is 0 Å². The van der Waals surface area contributed by atoms with Gasteiger partial charge in [-0.15, -0.1) is 0 Å². The molecule has 1 fully saturated rings. The van der Waals surface area contributed by atoms with Crippen LogP contribution in [0.2, 0.25) is 0 Å². The van der Waals surface area contributed by atoms with Crippen molar-refractivity contribution in [3.05, 3.63) is 66.2 Å². The summed E-state index contributed by atoms with van der Waals surface area (Å²) in [6, 6.07) is 21.0. The zero-order valence-electron chi connectivity index (χ0n) is 16.0. The van der Waals surface area contributed by atoms with E-state index in [1.807, 2.05) is 35.2 Å². The highest BCUT2D eigenvalue weighted by Gasteiger charge is 2.30. The fourth-order valence-corrected chi connectivity index (χ4v) is 4.12. The Hall–Kier alpha value is -2.13. The number of hydrogen-bond acceptors (Lipinski definition) is 2. The number of para-hydroxylation sites is 1. The average Bonchev–Trinajstić information content (AvgIpc) is 2.68. The first-order valence-electron chi connectivity index (χ1n) is 9.76. The highest BCUT2D eigenvalue weighted by Crippen LogP contribution is 2.27. The number of hydrogen-bond donors (Lipinski definition) is 0. The molecule has 0 aliphatic carbocycles. The van der Waals surface area contributed by atoms with Crippen molar-refractivity contribution in [3.63, 3.8) is 0 Å². The molecule has 0 radical (unpaired) electrons. The minimum atomic E-state index is 0.130. The summed E-state index contributed by atoms with van der Waals surface area (Å²) in [7, 11) is 0. The third-order valence-corrected chi connectivity index (χ3v) is 5.56. The van der Waals surface area contributed by atoms with Crippen molar-refractivity contribution < 1.29 is 4.79 Å². The number of benzene rings is 2. The van der Waals surface area contributed by atoms with Gasteiger partial charge in [-0.3, -0.25) is 4.79 Å². The van der Waals surface area contributed by atoms with Crippen molar-refractivity contribution in [1.29, 1.82) is 0 Å². The molecule has 3 nitrogen and oxygen atoms in total. The molecule has 2 atom stereocenters. The molecule has 0 saturated carbocycles. The lowest BCUT2D eigenvalue weighted by Gasteiger charge is -2.40. The molecule has 0 aromatic heterocycles. The van der Waals surface area contributed by atoms with E-state index in [1.54, 1.807) is 6.92 Å². The third-order valence-electron chi connectivity index (χ3n) is 5.56. The van der Waals surface area contributed by atoms with Crippen LogP contribution in [0.1, 0.15) is 32.3 Å². The molecule has 0 N–H and O–H groups in total. The van der Waals surface area contributed by atoms with E-state index >= 15 is 0 Å². The standard InChI is InChI=1S/C23H30N2O/c1-19(25(20(2)26)23-13-7-4-8-14-23)22-12-9-16-24(18-22)17-15-21-10-5-3-6-11-21/h3-8,10-11,13-14,19,22H,9,12,15-18H2,1-2H3/t19-,22?/m0/s1. The number of amides is 1. The van der Waals surface area contributed by atoms with Crippen LogP contribution >= 0.6 is 0 Å². The molecular formula is C23H30N2O. The minimum absolute atomic E-state index is 0.130. The number of anilines is 1. The number of rotatable bonds is 6. The van der Waals surface area contributed by atoms with Crippen molar-refractivity contribution in [2.45, 2.75) is 39.2 Å². The molecule has 138 valence electrons. The normalized spacial score (nSPS) is 19.1. The monoisotopic (exact) mass is 350 g/mol. The molecule has 3 rings (SSSR count). The lowest BCUT2D eigenvalue weighted by Crippen LogP contribution is -2.48. The summed E-state index contributed by atoms with van der Waals surface area (Å²) < 4.78 is 0. The van der Waals surface area contributed by atoms with E-state index in [-0.39, 0.29) is 11.9 Å². The lowest BCUT2D eigenvalue weighted by atomic mass is 9.90. The second-order valence-corrected chi connectivity index (χ2v) is 7.40. The van der Waals surface area contributed by atoms with Gasteiger partial charge in [0, 0.05) is 31.7 Å². The van der Waals surface area contributed by atoms with Gasteiger partial charge in [-0.05, 0) is 56.3 Å². The Bertz CT molecular complexity index is 686. The van der Waals surface area contributed by atoms with Crippen molar-refractivity contribution in [2.75, 3.05) is 24.5 Å². The second kappa shape index (κ2) is 9.00. The highest BCUT2D eigenvalue weighted by atomic mass is 16.2. The van der Waals surface area contributed by atoms with E-state index in [4.69, 9.17) is 0 Å². The number of nitrogens with zero attached hydrogens (tertiary/aromatic N) is 2. The van der Waals surface area contributed by atoms with Gasteiger partial charge in [-0.1, -0.05) is 48.5 Å². The van der Waals surface area contributed by atoms with Crippen molar-refractivity contribution in [1.82, 2.24) is 4.90 Å². The first kappa shape index (κ1) is 18.7. The predicted molar refractivity (Wildman–Crippen MR) is 108 cm³/mol. The molecular weight excluding hydrogens is 320 g/mol. The number of piperidine rings is 1. The van der Waals surface area contributed by atoms with Crippen molar-refractivity contribution >= 4 is 11.6 Å². The molecule has 1 amide bonds. The van der Waals surface area contributed by atoms with Gasteiger partial charge in [0.05, 0.1) is 0 Å². The summed E-state index contributed by atoms with van der Waals surface area (Å²) >= 11 is 0. The van der Waals surface area contributed by atoms with Crippen LogP contribution in [0.4, 0.5) is 5.69 Å². The van der Waals surface area contributed by atoms with E-state index in [1.165, 1.54) is 24.9 Å². The fraction of sp³-hybridized carbons (Fsp3) is 0.435. The number of likely N-dealkylation sites (tertiary alicyclic amines) is 1. The predicted octanol–water partition coefficient (Wildman–Crippen LogP) is 4.38. The van der Waals surface area contributed by atoms with Crippen LogP contribution in [-0.2, 0) is 11.2 Å². The highest BCUT2D eigenvalue weighted by molar-refractivity contribution is 5.92. The smallest absolute Gasteiger partial charge is 0.224 e. The van der Waals surface area contributed by atoms with Crippen LogP contribution in [0.3, 0.4) is 0 Å². The van der Waals surface area contributed by atoms with Gasteiger partial charge in [0.2, 0.25) is 5.91 Å². The topological polar surface area (TPSA) is 23.6 Å². The van der Waals surface area contributed by atoms with Crippen LogP contribution in [0.25, 0.3) is 0 Å².